The maximum atomic E-state index is 12.2. The van der Waals surface area contributed by atoms with Gasteiger partial charge in [-0.05, 0) is 30.3 Å². The van der Waals surface area contributed by atoms with Crippen LogP contribution in [0.15, 0.2) is 51.8 Å². The molecule has 0 radical (unpaired) electrons. The van der Waals surface area contributed by atoms with Gasteiger partial charge in [0.25, 0.3) is 15.7 Å². The van der Waals surface area contributed by atoms with E-state index < -0.39 is 14.9 Å². The second-order valence-corrected chi connectivity index (χ2v) is 6.96. The molecular formula is C12H8BrClN2O4S. The molecule has 0 unspecified atom stereocenters. The summed E-state index contributed by atoms with van der Waals surface area (Å²) in [6.45, 7) is 0. The maximum absolute atomic E-state index is 12.2. The molecule has 0 aliphatic heterocycles. The van der Waals surface area contributed by atoms with Gasteiger partial charge in [-0.15, -0.1) is 0 Å². The highest BCUT2D eigenvalue weighted by Crippen LogP contribution is 2.27. The summed E-state index contributed by atoms with van der Waals surface area (Å²) >= 11 is 9.10. The van der Waals surface area contributed by atoms with Crippen molar-refractivity contribution in [1.29, 1.82) is 0 Å². The van der Waals surface area contributed by atoms with Crippen LogP contribution in [0.2, 0.25) is 5.02 Å². The van der Waals surface area contributed by atoms with Crippen molar-refractivity contribution in [3.8, 4) is 0 Å². The lowest BCUT2D eigenvalue weighted by Crippen LogP contribution is -2.13. The molecule has 0 spiro atoms. The SMILES string of the molecule is O=[N+]([O-])c1ccc(NS(=O)(=O)c2ccc(Br)cc2Cl)cc1. The fourth-order valence-corrected chi connectivity index (χ4v) is 3.65. The number of anilines is 1. The predicted molar refractivity (Wildman–Crippen MR) is 83.1 cm³/mol. The highest BCUT2D eigenvalue weighted by Gasteiger charge is 2.18. The Morgan fingerprint density at radius 2 is 1.76 bits per heavy atom. The average molecular weight is 392 g/mol. The Kier molecular flexibility index (Phi) is 4.50. The van der Waals surface area contributed by atoms with Gasteiger partial charge in [0.05, 0.1) is 9.95 Å². The van der Waals surface area contributed by atoms with E-state index in [4.69, 9.17) is 11.6 Å². The van der Waals surface area contributed by atoms with Gasteiger partial charge in [0.2, 0.25) is 0 Å². The summed E-state index contributed by atoms with van der Waals surface area (Å²) in [6, 6.07) is 9.41. The molecule has 0 aliphatic carbocycles. The van der Waals surface area contributed by atoms with Crippen LogP contribution in [0.25, 0.3) is 0 Å². The van der Waals surface area contributed by atoms with Crippen LogP contribution < -0.4 is 4.72 Å². The first-order valence-electron chi connectivity index (χ1n) is 5.52. The van der Waals surface area contributed by atoms with E-state index in [0.717, 1.165) is 0 Å². The third-order valence-corrected chi connectivity index (χ3v) is 4.87. The third kappa shape index (κ3) is 3.72. The first-order valence-corrected chi connectivity index (χ1v) is 8.17. The van der Waals surface area contributed by atoms with Crippen molar-refractivity contribution in [3.63, 3.8) is 0 Å². The van der Waals surface area contributed by atoms with Gasteiger partial charge < -0.3 is 0 Å². The molecule has 9 heteroatoms. The van der Waals surface area contributed by atoms with Crippen molar-refractivity contribution in [2.24, 2.45) is 0 Å². The summed E-state index contributed by atoms with van der Waals surface area (Å²) in [4.78, 5) is 9.90. The summed E-state index contributed by atoms with van der Waals surface area (Å²) < 4.78 is 27.4. The van der Waals surface area contributed by atoms with Crippen LogP contribution in [0, 0.1) is 10.1 Å². The first kappa shape index (κ1) is 15.7. The molecule has 0 saturated carbocycles. The van der Waals surface area contributed by atoms with Crippen LogP contribution >= 0.6 is 27.5 Å². The van der Waals surface area contributed by atoms with Crippen LogP contribution in [0.3, 0.4) is 0 Å². The molecule has 2 rings (SSSR count). The van der Waals surface area contributed by atoms with Gasteiger partial charge >= 0.3 is 0 Å². The number of hydrogen-bond acceptors (Lipinski definition) is 4. The number of nitro benzene ring substituents is 1. The summed E-state index contributed by atoms with van der Waals surface area (Å²) in [7, 11) is -3.87. The Bertz CT molecular complexity index is 793. The van der Waals surface area contributed by atoms with Gasteiger partial charge in [0.15, 0.2) is 0 Å². The van der Waals surface area contributed by atoms with Gasteiger partial charge in [-0.3, -0.25) is 14.8 Å². The minimum atomic E-state index is -3.87. The molecule has 0 fully saturated rings. The van der Waals surface area contributed by atoms with Gasteiger partial charge in [-0.2, -0.15) is 0 Å². The minimum absolute atomic E-state index is 0.0683. The third-order valence-electron chi connectivity index (χ3n) is 2.51. The number of non-ortho nitro benzene ring substituents is 1. The van der Waals surface area contributed by atoms with Crippen LogP contribution in [-0.2, 0) is 10.0 Å². The molecule has 21 heavy (non-hydrogen) atoms. The molecule has 2 aromatic rings. The largest absolute Gasteiger partial charge is 0.280 e. The Labute approximate surface area is 134 Å². The molecule has 110 valence electrons. The van der Waals surface area contributed by atoms with Gasteiger partial charge in [-0.1, -0.05) is 27.5 Å². The van der Waals surface area contributed by atoms with Crippen molar-refractivity contribution in [1.82, 2.24) is 0 Å². The van der Waals surface area contributed by atoms with E-state index in [0.29, 0.717) is 4.47 Å². The van der Waals surface area contributed by atoms with Crippen LogP contribution in [-0.4, -0.2) is 13.3 Å². The van der Waals surface area contributed by atoms with Crippen molar-refractivity contribution in [3.05, 3.63) is 62.1 Å². The number of nitrogens with zero attached hydrogens (tertiary/aromatic N) is 1. The smallest absolute Gasteiger partial charge is 0.269 e. The van der Waals surface area contributed by atoms with E-state index in [1.165, 1.54) is 36.4 Å². The second kappa shape index (κ2) is 6.00. The summed E-state index contributed by atoms with van der Waals surface area (Å²) in [5.41, 5.74) is 0.0826. The van der Waals surface area contributed by atoms with Gasteiger partial charge in [0.1, 0.15) is 4.90 Å². The molecule has 0 bridgehead atoms. The highest BCUT2D eigenvalue weighted by molar-refractivity contribution is 9.10. The van der Waals surface area contributed by atoms with Gasteiger partial charge in [-0.25, -0.2) is 8.42 Å². The molecule has 1 N–H and O–H groups in total. The molecule has 0 saturated heterocycles. The van der Waals surface area contributed by atoms with Crippen molar-refractivity contribution < 1.29 is 13.3 Å². The van der Waals surface area contributed by atoms with Crippen LogP contribution in [0.4, 0.5) is 11.4 Å². The van der Waals surface area contributed by atoms with Crippen molar-refractivity contribution >= 4 is 48.9 Å². The molecule has 6 nitrogen and oxygen atoms in total. The fourth-order valence-electron chi connectivity index (χ4n) is 1.55. The first-order chi connectivity index (χ1) is 9.79. The number of benzene rings is 2. The molecule has 0 aliphatic rings. The fraction of sp³-hybridized carbons (Fsp3) is 0. The number of nitrogens with one attached hydrogen (secondary N) is 1. The Balaban J connectivity index is 2.30. The second-order valence-electron chi connectivity index (χ2n) is 3.98. The Morgan fingerprint density at radius 1 is 1.14 bits per heavy atom. The molecule has 0 aromatic heterocycles. The van der Waals surface area contributed by atoms with E-state index in [1.54, 1.807) is 6.07 Å². The zero-order valence-electron chi connectivity index (χ0n) is 10.3. The summed E-state index contributed by atoms with van der Waals surface area (Å²) in [6.07, 6.45) is 0. The van der Waals surface area contributed by atoms with Crippen LogP contribution in [0.5, 0.6) is 0 Å². The molecule has 0 atom stereocenters. The normalized spacial score (nSPS) is 11.1. The Hall–Kier alpha value is -1.64. The number of sulfonamides is 1. The standard InChI is InChI=1S/C12H8BrClN2O4S/c13-8-1-6-12(11(14)7-8)21(19,20)15-9-2-4-10(5-3-9)16(17)18/h1-7,15H. The van der Waals surface area contributed by atoms with E-state index in [1.807, 2.05) is 0 Å². The van der Waals surface area contributed by atoms with Crippen LogP contribution in [0.1, 0.15) is 0 Å². The molecule has 2 aromatic carbocycles. The van der Waals surface area contributed by atoms with Crippen molar-refractivity contribution in [2.75, 3.05) is 4.72 Å². The number of nitro groups is 1. The van der Waals surface area contributed by atoms with Crippen molar-refractivity contribution in [2.45, 2.75) is 4.90 Å². The zero-order valence-corrected chi connectivity index (χ0v) is 13.4. The Morgan fingerprint density at radius 3 is 2.29 bits per heavy atom. The minimum Gasteiger partial charge on any atom is -0.280 e. The van der Waals surface area contributed by atoms with E-state index in [-0.39, 0.29) is 21.3 Å². The van der Waals surface area contributed by atoms with E-state index in [2.05, 4.69) is 20.7 Å². The lowest BCUT2D eigenvalue weighted by Gasteiger charge is -2.09. The number of hydrogen-bond donors (Lipinski definition) is 1. The highest BCUT2D eigenvalue weighted by atomic mass is 79.9. The monoisotopic (exact) mass is 390 g/mol. The topological polar surface area (TPSA) is 89.3 Å². The summed E-state index contributed by atoms with van der Waals surface area (Å²) in [5.74, 6) is 0. The molecular weight excluding hydrogens is 384 g/mol. The summed E-state index contributed by atoms with van der Waals surface area (Å²) in [5, 5.41) is 10.6. The lowest BCUT2D eigenvalue weighted by molar-refractivity contribution is -0.384. The lowest BCUT2D eigenvalue weighted by atomic mass is 10.3. The molecule has 0 heterocycles. The molecule has 0 amide bonds. The quantitative estimate of drug-likeness (QED) is 0.634. The maximum Gasteiger partial charge on any atom is 0.269 e. The number of rotatable bonds is 4. The number of halogens is 2. The zero-order chi connectivity index (χ0) is 15.6. The average Bonchev–Trinajstić information content (AvgIpc) is 2.38. The predicted octanol–water partition coefficient (Wildman–Crippen LogP) is 3.81. The van der Waals surface area contributed by atoms with E-state index >= 15 is 0 Å². The van der Waals surface area contributed by atoms with E-state index in [9.17, 15) is 18.5 Å². The van der Waals surface area contributed by atoms with Gasteiger partial charge in [0, 0.05) is 22.3 Å².